The van der Waals surface area contributed by atoms with Crippen LogP contribution in [0.25, 0.3) is 0 Å². The molecule has 6 heteroatoms. The molecule has 0 bridgehead atoms. The molecule has 0 fully saturated rings. The Hall–Kier alpha value is -1.14. The summed E-state index contributed by atoms with van der Waals surface area (Å²) < 4.78 is 40.9. The molecule has 1 rings (SSSR count). The Morgan fingerprint density at radius 1 is 1.21 bits per heavy atom. The Morgan fingerprint density at radius 2 is 1.74 bits per heavy atom. The fourth-order valence-electron chi connectivity index (χ4n) is 2.03. The molecule has 0 aliphatic heterocycles. The van der Waals surface area contributed by atoms with Crippen LogP contribution in [-0.4, -0.2) is 14.0 Å². The molecule has 0 aromatic heterocycles. The van der Waals surface area contributed by atoms with Crippen molar-refractivity contribution in [3.63, 3.8) is 0 Å². The van der Waals surface area contributed by atoms with Crippen LogP contribution in [0.5, 0.6) is 0 Å². The van der Waals surface area contributed by atoms with E-state index < -0.39 is 26.3 Å². The molecule has 1 aromatic rings. The van der Waals surface area contributed by atoms with E-state index in [2.05, 4.69) is 4.72 Å². The van der Waals surface area contributed by atoms with Crippen LogP contribution in [0.1, 0.15) is 40.0 Å². The van der Waals surface area contributed by atoms with Crippen LogP contribution in [0.15, 0.2) is 23.1 Å². The van der Waals surface area contributed by atoms with Crippen molar-refractivity contribution < 1.29 is 12.8 Å². The monoisotopic (exact) mass is 288 g/mol. The molecule has 0 spiro atoms. The van der Waals surface area contributed by atoms with E-state index in [1.54, 1.807) is 0 Å². The van der Waals surface area contributed by atoms with Crippen molar-refractivity contribution in [3.8, 4) is 0 Å². The van der Waals surface area contributed by atoms with Crippen molar-refractivity contribution >= 4 is 15.7 Å². The quantitative estimate of drug-likeness (QED) is 0.790. The Labute approximate surface area is 114 Å². The lowest BCUT2D eigenvalue weighted by Gasteiger charge is -2.31. The number of anilines is 1. The Kier molecular flexibility index (Phi) is 4.92. The van der Waals surface area contributed by atoms with Crippen molar-refractivity contribution in [2.45, 2.75) is 50.5 Å². The highest BCUT2D eigenvalue weighted by Crippen LogP contribution is 2.25. The zero-order valence-electron chi connectivity index (χ0n) is 11.5. The van der Waals surface area contributed by atoms with Gasteiger partial charge < -0.3 is 5.73 Å². The van der Waals surface area contributed by atoms with Gasteiger partial charge in [0.1, 0.15) is 10.7 Å². The number of nitrogens with two attached hydrogens (primary N) is 1. The van der Waals surface area contributed by atoms with Crippen LogP contribution in [-0.2, 0) is 10.0 Å². The number of hydrogen-bond donors (Lipinski definition) is 2. The molecule has 0 amide bonds. The lowest BCUT2D eigenvalue weighted by atomic mass is 9.91. The zero-order chi connectivity index (χ0) is 14.7. The minimum atomic E-state index is -3.91. The van der Waals surface area contributed by atoms with E-state index in [4.69, 9.17) is 5.73 Å². The molecule has 0 saturated heterocycles. The molecular weight excluding hydrogens is 267 g/mol. The van der Waals surface area contributed by atoms with Crippen LogP contribution in [0.3, 0.4) is 0 Å². The average Bonchev–Trinajstić information content (AvgIpc) is 2.39. The first-order valence-electron chi connectivity index (χ1n) is 6.39. The third-order valence-corrected chi connectivity index (χ3v) is 5.22. The maximum absolute atomic E-state index is 13.7. The number of sulfonamides is 1. The van der Waals surface area contributed by atoms with Gasteiger partial charge in [-0.05, 0) is 37.5 Å². The van der Waals surface area contributed by atoms with Crippen molar-refractivity contribution in [2.24, 2.45) is 0 Å². The summed E-state index contributed by atoms with van der Waals surface area (Å²) in [6.07, 6.45) is 1.93. The first-order valence-corrected chi connectivity index (χ1v) is 7.87. The molecule has 3 N–H and O–H groups in total. The minimum absolute atomic E-state index is 0.219. The van der Waals surface area contributed by atoms with Gasteiger partial charge in [0.2, 0.25) is 10.0 Å². The van der Waals surface area contributed by atoms with Crippen LogP contribution in [0, 0.1) is 5.82 Å². The van der Waals surface area contributed by atoms with Gasteiger partial charge >= 0.3 is 0 Å². The zero-order valence-corrected chi connectivity index (χ0v) is 12.3. The van der Waals surface area contributed by atoms with E-state index in [0.717, 1.165) is 12.1 Å². The standard InChI is InChI=1S/C13H21FN2O2S/c1-4-13(5-2,6-3)16-19(17,18)12-9-10(15)7-8-11(12)14/h7-9,16H,4-6,15H2,1-3H3. The van der Waals surface area contributed by atoms with E-state index in [1.807, 2.05) is 20.8 Å². The molecular formula is C13H21FN2O2S. The fraction of sp³-hybridized carbons (Fsp3) is 0.538. The largest absolute Gasteiger partial charge is 0.399 e. The smallest absolute Gasteiger partial charge is 0.244 e. The second-order valence-corrected chi connectivity index (χ2v) is 6.29. The number of nitrogens with one attached hydrogen (secondary N) is 1. The highest BCUT2D eigenvalue weighted by molar-refractivity contribution is 7.89. The summed E-state index contributed by atoms with van der Waals surface area (Å²) in [5, 5.41) is 0. The Bertz CT molecular complexity index is 531. The van der Waals surface area contributed by atoms with E-state index in [0.29, 0.717) is 19.3 Å². The summed E-state index contributed by atoms with van der Waals surface area (Å²) >= 11 is 0. The van der Waals surface area contributed by atoms with E-state index >= 15 is 0 Å². The topological polar surface area (TPSA) is 72.2 Å². The van der Waals surface area contributed by atoms with Crippen molar-refractivity contribution in [1.82, 2.24) is 4.72 Å². The molecule has 108 valence electrons. The number of rotatable bonds is 6. The molecule has 0 aliphatic carbocycles. The molecule has 19 heavy (non-hydrogen) atoms. The van der Waals surface area contributed by atoms with Crippen molar-refractivity contribution in [2.75, 3.05) is 5.73 Å². The predicted octanol–water partition coefficient (Wildman–Crippen LogP) is 2.66. The summed E-state index contributed by atoms with van der Waals surface area (Å²) in [5.41, 5.74) is 5.20. The molecule has 0 atom stereocenters. The minimum Gasteiger partial charge on any atom is -0.399 e. The SMILES string of the molecule is CCC(CC)(CC)NS(=O)(=O)c1cc(N)ccc1F. The van der Waals surface area contributed by atoms with Gasteiger partial charge in [0.15, 0.2) is 0 Å². The second-order valence-electron chi connectivity index (χ2n) is 4.64. The van der Waals surface area contributed by atoms with Crippen LogP contribution in [0.4, 0.5) is 10.1 Å². The van der Waals surface area contributed by atoms with E-state index in [-0.39, 0.29) is 5.69 Å². The second kappa shape index (κ2) is 5.88. The highest BCUT2D eigenvalue weighted by Gasteiger charge is 2.31. The normalized spacial score (nSPS) is 12.6. The van der Waals surface area contributed by atoms with Crippen LogP contribution >= 0.6 is 0 Å². The lowest BCUT2D eigenvalue weighted by molar-refractivity contribution is 0.341. The molecule has 1 aromatic carbocycles. The molecule has 0 saturated carbocycles. The fourth-order valence-corrected chi connectivity index (χ4v) is 3.76. The lowest BCUT2D eigenvalue weighted by Crippen LogP contribution is -2.47. The molecule has 4 nitrogen and oxygen atoms in total. The van der Waals surface area contributed by atoms with Gasteiger partial charge in [-0.15, -0.1) is 0 Å². The number of halogens is 1. The predicted molar refractivity (Wildman–Crippen MR) is 74.7 cm³/mol. The molecule has 0 unspecified atom stereocenters. The molecule has 0 aliphatic rings. The van der Waals surface area contributed by atoms with Gasteiger partial charge in [-0.1, -0.05) is 20.8 Å². The first-order chi connectivity index (χ1) is 8.80. The maximum atomic E-state index is 13.7. The van der Waals surface area contributed by atoms with Crippen LogP contribution < -0.4 is 10.5 Å². The summed E-state index contributed by atoms with van der Waals surface area (Å²) in [7, 11) is -3.91. The van der Waals surface area contributed by atoms with Gasteiger partial charge in [-0.25, -0.2) is 17.5 Å². The summed E-state index contributed by atoms with van der Waals surface area (Å²) in [5.74, 6) is -0.793. The molecule has 0 radical (unpaired) electrons. The van der Waals surface area contributed by atoms with E-state index in [9.17, 15) is 12.8 Å². The maximum Gasteiger partial charge on any atom is 0.244 e. The third kappa shape index (κ3) is 3.45. The molecule has 0 heterocycles. The van der Waals surface area contributed by atoms with Crippen LogP contribution in [0.2, 0.25) is 0 Å². The number of nitrogen functional groups attached to an aromatic ring is 1. The Morgan fingerprint density at radius 3 is 2.21 bits per heavy atom. The Balaban J connectivity index is 3.21. The highest BCUT2D eigenvalue weighted by atomic mass is 32.2. The van der Waals surface area contributed by atoms with Gasteiger partial charge in [0, 0.05) is 11.2 Å². The third-order valence-electron chi connectivity index (χ3n) is 3.63. The van der Waals surface area contributed by atoms with Gasteiger partial charge in [0.25, 0.3) is 0 Å². The first kappa shape index (κ1) is 15.9. The number of hydrogen-bond acceptors (Lipinski definition) is 3. The van der Waals surface area contributed by atoms with E-state index in [1.165, 1.54) is 6.07 Å². The summed E-state index contributed by atoms with van der Waals surface area (Å²) in [6.45, 7) is 5.72. The van der Waals surface area contributed by atoms with Gasteiger partial charge in [-0.3, -0.25) is 0 Å². The summed E-state index contributed by atoms with van der Waals surface area (Å²) in [6, 6.07) is 3.54. The van der Waals surface area contributed by atoms with Crippen molar-refractivity contribution in [3.05, 3.63) is 24.0 Å². The van der Waals surface area contributed by atoms with Gasteiger partial charge in [-0.2, -0.15) is 0 Å². The van der Waals surface area contributed by atoms with Crippen molar-refractivity contribution in [1.29, 1.82) is 0 Å². The number of benzene rings is 1. The van der Waals surface area contributed by atoms with Gasteiger partial charge in [0.05, 0.1) is 0 Å². The summed E-state index contributed by atoms with van der Waals surface area (Å²) in [4.78, 5) is -0.396. The average molecular weight is 288 g/mol.